The van der Waals surface area contributed by atoms with Crippen LogP contribution in [0.3, 0.4) is 0 Å². The summed E-state index contributed by atoms with van der Waals surface area (Å²) < 4.78 is 0. The molecule has 0 aromatic heterocycles. The summed E-state index contributed by atoms with van der Waals surface area (Å²) in [7, 11) is 0. The van der Waals surface area contributed by atoms with E-state index in [-0.39, 0.29) is 5.54 Å². The third-order valence-electron chi connectivity index (χ3n) is 4.84. The highest BCUT2D eigenvalue weighted by Crippen LogP contribution is 2.32. The van der Waals surface area contributed by atoms with Gasteiger partial charge in [-0.25, -0.2) is 0 Å². The van der Waals surface area contributed by atoms with Crippen molar-refractivity contribution in [3.63, 3.8) is 0 Å². The van der Waals surface area contributed by atoms with Gasteiger partial charge in [0.1, 0.15) is 0 Å². The van der Waals surface area contributed by atoms with Gasteiger partial charge in [0.25, 0.3) is 0 Å². The summed E-state index contributed by atoms with van der Waals surface area (Å²) in [6, 6.07) is 0.746. The van der Waals surface area contributed by atoms with Gasteiger partial charge in [-0.3, -0.25) is 4.90 Å². The highest BCUT2D eigenvalue weighted by Gasteiger charge is 2.34. The maximum Gasteiger partial charge on any atom is 0.0286 e. The lowest BCUT2D eigenvalue weighted by Crippen LogP contribution is -2.54. The molecule has 1 aliphatic carbocycles. The minimum Gasteiger partial charge on any atom is -0.324 e. The molecule has 2 rings (SSSR count). The Kier molecular flexibility index (Phi) is 4.48. The van der Waals surface area contributed by atoms with Gasteiger partial charge in [0, 0.05) is 18.1 Å². The van der Waals surface area contributed by atoms with Crippen LogP contribution in [0.15, 0.2) is 0 Å². The van der Waals surface area contributed by atoms with Crippen LogP contribution in [0.4, 0.5) is 0 Å². The molecule has 0 aromatic carbocycles. The molecule has 2 fully saturated rings. The molecule has 1 saturated carbocycles. The number of nitrogens with zero attached hydrogens (tertiary/aromatic N) is 1. The zero-order chi connectivity index (χ0) is 12.3. The molecule has 2 nitrogen and oxygen atoms in total. The molecule has 100 valence electrons. The van der Waals surface area contributed by atoms with Gasteiger partial charge in [-0.05, 0) is 45.1 Å². The van der Waals surface area contributed by atoms with E-state index in [0.29, 0.717) is 0 Å². The van der Waals surface area contributed by atoms with E-state index in [1.165, 1.54) is 57.9 Å². The Morgan fingerprint density at radius 3 is 2.71 bits per heavy atom. The molecule has 1 aliphatic heterocycles. The fourth-order valence-corrected chi connectivity index (χ4v) is 3.82. The number of nitrogens with two attached hydrogens (primary N) is 1. The normalized spacial score (nSPS) is 41.1. The van der Waals surface area contributed by atoms with Crippen molar-refractivity contribution in [1.82, 2.24) is 4.90 Å². The minimum atomic E-state index is 0.107. The van der Waals surface area contributed by atoms with Gasteiger partial charge >= 0.3 is 0 Å². The van der Waals surface area contributed by atoms with E-state index in [1.54, 1.807) is 0 Å². The molecular formula is C15H30N2. The Hall–Kier alpha value is -0.0800. The van der Waals surface area contributed by atoms with E-state index >= 15 is 0 Å². The average Bonchev–Trinajstić information content (AvgIpc) is 2.44. The predicted octanol–water partition coefficient (Wildman–Crippen LogP) is 3.16. The van der Waals surface area contributed by atoms with E-state index in [2.05, 4.69) is 18.7 Å². The predicted molar refractivity (Wildman–Crippen MR) is 74.1 cm³/mol. The first-order valence-electron chi connectivity index (χ1n) is 7.62. The van der Waals surface area contributed by atoms with Crippen molar-refractivity contribution in [3.05, 3.63) is 0 Å². The van der Waals surface area contributed by atoms with E-state index < -0.39 is 0 Å². The molecule has 17 heavy (non-hydrogen) atoms. The van der Waals surface area contributed by atoms with Crippen LogP contribution in [0.25, 0.3) is 0 Å². The van der Waals surface area contributed by atoms with Gasteiger partial charge in [0.05, 0.1) is 0 Å². The summed E-state index contributed by atoms with van der Waals surface area (Å²) in [6.07, 6.45) is 10.7. The van der Waals surface area contributed by atoms with Crippen molar-refractivity contribution in [3.8, 4) is 0 Å². The first-order chi connectivity index (χ1) is 8.09. The number of rotatable bonds is 2. The van der Waals surface area contributed by atoms with Gasteiger partial charge in [-0.15, -0.1) is 0 Å². The molecule has 2 N–H and O–H groups in total. The summed E-state index contributed by atoms with van der Waals surface area (Å²) in [5.74, 6) is 0.830. The lowest BCUT2D eigenvalue weighted by Gasteiger charge is -2.42. The summed E-state index contributed by atoms with van der Waals surface area (Å²) in [6.45, 7) is 7.17. The molecule has 2 heteroatoms. The molecule has 2 aliphatic rings. The van der Waals surface area contributed by atoms with E-state index in [0.717, 1.165) is 18.5 Å². The number of hydrogen-bond donors (Lipinski definition) is 1. The second kappa shape index (κ2) is 5.71. The smallest absolute Gasteiger partial charge is 0.0286 e. The summed E-state index contributed by atoms with van der Waals surface area (Å²) in [5.41, 5.74) is 6.76. The minimum absolute atomic E-state index is 0.107. The second-order valence-electron chi connectivity index (χ2n) is 6.73. The highest BCUT2D eigenvalue weighted by molar-refractivity contribution is 4.93. The van der Waals surface area contributed by atoms with Gasteiger partial charge in [0.2, 0.25) is 0 Å². The Morgan fingerprint density at radius 2 is 1.94 bits per heavy atom. The topological polar surface area (TPSA) is 29.3 Å². The molecule has 0 radical (unpaired) electrons. The largest absolute Gasteiger partial charge is 0.324 e. The Balaban J connectivity index is 1.93. The maximum atomic E-state index is 6.65. The van der Waals surface area contributed by atoms with Crippen LogP contribution in [-0.2, 0) is 0 Å². The van der Waals surface area contributed by atoms with Crippen LogP contribution >= 0.6 is 0 Å². The van der Waals surface area contributed by atoms with Crippen LogP contribution in [0.2, 0.25) is 0 Å². The molecular weight excluding hydrogens is 208 g/mol. The lowest BCUT2D eigenvalue weighted by molar-refractivity contribution is 0.123. The van der Waals surface area contributed by atoms with Crippen LogP contribution < -0.4 is 5.73 Å². The average molecular weight is 238 g/mol. The van der Waals surface area contributed by atoms with Crippen molar-refractivity contribution in [1.29, 1.82) is 0 Å². The maximum absolute atomic E-state index is 6.65. The summed E-state index contributed by atoms with van der Waals surface area (Å²) in [5, 5.41) is 0. The molecule has 1 heterocycles. The van der Waals surface area contributed by atoms with E-state index in [1.807, 2.05) is 0 Å². The molecule has 0 amide bonds. The van der Waals surface area contributed by atoms with Gasteiger partial charge < -0.3 is 5.73 Å². The van der Waals surface area contributed by atoms with Crippen LogP contribution in [0.5, 0.6) is 0 Å². The molecule has 0 aromatic rings. The van der Waals surface area contributed by atoms with Crippen molar-refractivity contribution in [2.45, 2.75) is 76.8 Å². The third-order valence-corrected chi connectivity index (χ3v) is 4.84. The van der Waals surface area contributed by atoms with Crippen molar-refractivity contribution >= 4 is 0 Å². The van der Waals surface area contributed by atoms with E-state index in [9.17, 15) is 0 Å². The second-order valence-corrected chi connectivity index (χ2v) is 6.73. The van der Waals surface area contributed by atoms with Crippen LogP contribution in [-0.4, -0.2) is 29.6 Å². The Morgan fingerprint density at radius 1 is 1.12 bits per heavy atom. The lowest BCUT2D eigenvalue weighted by atomic mass is 9.76. The third kappa shape index (κ3) is 3.69. The van der Waals surface area contributed by atoms with Crippen molar-refractivity contribution < 1.29 is 0 Å². The summed E-state index contributed by atoms with van der Waals surface area (Å²) >= 11 is 0. The Labute approximate surface area is 107 Å². The van der Waals surface area contributed by atoms with Gasteiger partial charge in [-0.2, -0.15) is 0 Å². The standard InChI is InChI=1S/C15H30N2/c1-13-7-6-9-15(16,11-13)12-17-10-5-3-4-8-14(17)2/h13-14H,3-12,16H2,1-2H3. The molecule has 3 unspecified atom stereocenters. The zero-order valence-electron chi connectivity index (χ0n) is 11.8. The van der Waals surface area contributed by atoms with Crippen LogP contribution in [0, 0.1) is 5.92 Å². The molecule has 1 saturated heterocycles. The molecule has 0 bridgehead atoms. The Bertz CT molecular complexity index is 241. The fraction of sp³-hybridized carbons (Fsp3) is 1.00. The SMILES string of the molecule is CC1CCCC(N)(CN2CCCCCC2C)C1. The fourth-order valence-electron chi connectivity index (χ4n) is 3.82. The van der Waals surface area contributed by atoms with Gasteiger partial charge in [-0.1, -0.05) is 32.6 Å². The first kappa shape index (κ1) is 13.4. The molecule has 0 spiro atoms. The zero-order valence-corrected chi connectivity index (χ0v) is 11.8. The van der Waals surface area contributed by atoms with Crippen molar-refractivity contribution in [2.24, 2.45) is 11.7 Å². The monoisotopic (exact) mass is 238 g/mol. The first-order valence-corrected chi connectivity index (χ1v) is 7.62. The quantitative estimate of drug-likeness (QED) is 0.800. The summed E-state index contributed by atoms with van der Waals surface area (Å²) in [4.78, 5) is 2.67. The van der Waals surface area contributed by atoms with Crippen molar-refractivity contribution in [2.75, 3.05) is 13.1 Å². The molecule has 3 atom stereocenters. The van der Waals surface area contributed by atoms with Crippen LogP contribution in [0.1, 0.15) is 65.2 Å². The highest BCUT2D eigenvalue weighted by atomic mass is 15.2. The van der Waals surface area contributed by atoms with E-state index in [4.69, 9.17) is 5.73 Å². The van der Waals surface area contributed by atoms with Gasteiger partial charge in [0.15, 0.2) is 0 Å². The number of hydrogen-bond acceptors (Lipinski definition) is 2. The number of likely N-dealkylation sites (tertiary alicyclic amines) is 1.